The fourth-order valence-electron chi connectivity index (χ4n) is 2.91. The van der Waals surface area contributed by atoms with E-state index in [4.69, 9.17) is 4.74 Å². The van der Waals surface area contributed by atoms with Crippen LogP contribution in [-0.4, -0.2) is 19.7 Å². The Balaban J connectivity index is 2.69. The van der Waals surface area contributed by atoms with E-state index in [0.29, 0.717) is 6.04 Å². The summed E-state index contributed by atoms with van der Waals surface area (Å²) in [6.07, 6.45) is 7.54. The third-order valence-corrected chi connectivity index (χ3v) is 4.29. The number of hydrogen-bond acceptors (Lipinski definition) is 2. The predicted octanol–water partition coefficient (Wildman–Crippen LogP) is 4.82. The summed E-state index contributed by atoms with van der Waals surface area (Å²) in [5.41, 5.74) is 1.40. The number of unbranched alkanes of at least 4 members (excludes halogenated alkanes) is 1. The molecule has 2 unspecified atom stereocenters. The summed E-state index contributed by atoms with van der Waals surface area (Å²) >= 11 is 0. The van der Waals surface area contributed by atoms with E-state index < -0.39 is 0 Å². The van der Waals surface area contributed by atoms with Gasteiger partial charge in [0.1, 0.15) is 5.75 Å². The summed E-state index contributed by atoms with van der Waals surface area (Å²) in [5.74, 6) is 1.72. The van der Waals surface area contributed by atoms with Gasteiger partial charge in [-0.05, 0) is 49.4 Å². The van der Waals surface area contributed by atoms with Gasteiger partial charge in [0.2, 0.25) is 0 Å². The average molecular weight is 291 g/mol. The highest BCUT2D eigenvalue weighted by atomic mass is 16.5. The highest BCUT2D eigenvalue weighted by Crippen LogP contribution is 2.21. The van der Waals surface area contributed by atoms with Crippen LogP contribution in [0.5, 0.6) is 5.75 Å². The molecule has 1 aromatic carbocycles. The zero-order valence-corrected chi connectivity index (χ0v) is 14.3. The molecule has 2 nitrogen and oxygen atoms in total. The van der Waals surface area contributed by atoms with Gasteiger partial charge in [-0.25, -0.2) is 0 Å². The molecule has 0 bridgehead atoms. The highest BCUT2D eigenvalue weighted by Gasteiger charge is 2.19. The van der Waals surface area contributed by atoms with Crippen molar-refractivity contribution in [1.82, 2.24) is 5.32 Å². The molecule has 1 rings (SSSR count). The van der Waals surface area contributed by atoms with Crippen molar-refractivity contribution in [2.75, 3.05) is 13.7 Å². The van der Waals surface area contributed by atoms with Gasteiger partial charge >= 0.3 is 0 Å². The fourth-order valence-corrected chi connectivity index (χ4v) is 2.91. The molecule has 0 saturated heterocycles. The molecule has 1 aromatic rings. The van der Waals surface area contributed by atoms with Crippen molar-refractivity contribution in [2.24, 2.45) is 5.92 Å². The second kappa shape index (κ2) is 10.7. The molecule has 0 amide bonds. The Morgan fingerprint density at radius 3 is 2.29 bits per heavy atom. The number of methoxy groups -OCH3 is 1. The zero-order valence-electron chi connectivity index (χ0n) is 14.3. The summed E-state index contributed by atoms with van der Waals surface area (Å²) in [5, 5.41) is 3.78. The van der Waals surface area contributed by atoms with Crippen LogP contribution in [0.4, 0.5) is 0 Å². The number of benzene rings is 1. The first-order valence-corrected chi connectivity index (χ1v) is 8.61. The molecule has 21 heavy (non-hydrogen) atoms. The first kappa shape index (κ1) is 18.0. The van der Waals surface area contributed by atoms with Gasteiger partial charge in [0.15, 0.2) is 0 Å². The van der Waals surface area contributed by atoms with Gasteiger partial charge in [-0.3, -0.25) is 0 Å². The molecular formula is C19H33NO. The Labute approximate surface area is 131 Å². The second-order valence-corrected chi connectivity index (χ2v) is 5.92. The van der Waals surface area contributed by atoms with E-state index in [9.17, 15) is 0 Å². The van der Waals surface area contributed by atoms with E-state index in [1.165, 1.54) is 37.7 Å². The Bertz CT molecular complexity index is 360. The molecule has 2 heteroatoms. The van der Waals surface area contributed by atoms with E-state index >= 15 is 0 Å². The molecule has 0 aliphatic carbocycles. The molecule has 0 spiro atoms. The molecule has 0 aliphatic rings. The Hall–Kier alpha value is -1.02. The minimum absolute atomic E-state index is 0.592. The SMILES string of the molecule is CCCCC(CC)C(Cc1ccc(OC)cc1)NCCC. The van der Waals surface area contributed by atoms with Gasteiger partial charge in [0.05, 0.1) is 7.11 Å². The zero-order chi connectivity index (χ0) is 15.5. The molecule has 1 N–H and O–H groups in total. The van der Waals surface area contributed by atoms with Crippen LogP contribution in [0.1, 0.15) is 58.4 Å². The molecule has 0 radical (unpaired) electrons. The molecule has 0 saturated carbocycles. The van der Waals surface area contributed by atoms with E-state index in [-0.39, 0.29) is 0 Å². The molecule has 2 atom stereocenters. The van der Waals surface area contributed by atoms with E-state index in [1.54, 1.807) is 7.11 Å². The standard InChI is InChI=1S/C19H33NO/c1-5-8-9-17(7-3)19(20-14-6-2)15-16-10-12-18(21-4)13-11-16/h10-13,17,19-20H,5-9,14-15H2,1-4H3. The maximum Gasteiger partial charge on any atom is 0.118 e. The summed E-state index contributed by atoms with van der Waals surface area (Å²) in [4.78, 5) is 0. The lowest BCUT2D eigenvalue weighted by atomic mass is 9.87. The van der Waals surface area contributed by atoms with Crippen molar-refractivity contribution in [3.8, 4) is 5.75 Å². The van der Waals surface area contributed by atoms with Crippen LogP contribution in [0, 0.1) is 5.92 Å². The largest absolute Gasteiger partial charge is 0.497 e. The molecule has 0 fully saturated rings. The summed E-state index contributed by atoms with van der Waals surface area (Å²) in [7, 11) is 1.72. The van der Waals surface area contributed by atoms with E-state index in [0.717, 1.165) is 24.6 Å². The summed E-state index contributed by atoms with van der Waals surface area (Å²) < 4.78 is 5.25. The number of hydrogen-bond donors (Lipinski definition) is 1. The molecule has 0 heterocycles. The van der Waals surface area contributed by atoms with Crippen LogP contribution >= 0.6 is 0 Å². The Morgan fingerprint density at radius 1 is 1.05 bits per heavy atom. The third-order valence-electron chi connectivity index (χ3n) is 4.29. The number of ether oxygens (including phenoxy) is 1. The van der Waals surface area contributed by atoms with Crippen molar-refractivity contribution in [1.29, 1.82) is 0 Å². The van der Waals surface area contributed by atoms with Gasteiger partial charge < -0.3 is 10.1 Å². The lowest BCUT2D eigenvalue weighted by Crippen LogP contribution is -2.38. The average Bonchev–Trinajstić information content (AvgIpc) is 2.53. The minimum Gasteiger partial charge on any atom is -0.497 e. The maximum absolute atomic E-state index is 5.25. The summed E-state index contributed by atoms with van der Waals surface area (Å²) in [6, 6.07) is 9.13. The van der Waals surface area contributed by atoms with Gasteiger partial charge in [-0.2, -0.15) is 0 Å². The Kier molecular flexibility index (Phi) is 9.16. The van der Waals surface area contributed by atoms with Crippen LogP contribution in [0.3, 0.4) is 0 Å². The third kappa shape index (κ3) is 6.52. The van der Waals surface area contributed by atoms with Crippen LogP contribution < -0.4 is 10.1 Å². The van der Waals surface area contributed by atoms with Crippen molar-refractivity contribution in [3.63, 3.8) is 0 Å². The maximum atomic E-state index is 5.25. The lowest BCUT2D eigenvalue weighted by molar-refractivity contribution is 0.315. The van der Waals surface area contributed by atoms with Gasteiger partial charge in [0, 0.05) is 6.04 Å². The van der Waals surface area contributed by atoms with Gasteiger partial charge in [-0.1, -0.05) is 52.2 Å². The lowest BCUT2D eigenvalue weighted by Gasteiger charge is -2.28. The van der Waals surface area contributed by atoms with Crippen LogP contribution in [-0.2, 0) is 6.42 Å². The molecular weight excluding hydrogens is 258 g/mol. The Morgan fingerprint density at radius 2 is 1.76 bits per heavy atom. The van der Waals surface area contributed by atoms with Crippen molar-refractivity contribution in [3.05, 3.63) is 29.8 Å². The monoisotopic (exact) mass is 291 g/mol. The van der Waals surface area contributed by atoms with E-state index in [1.807, 2.05) is 0 Å². The van der Waals surface area contributed by atoms with Crippen molar-refractivity contribution in [2.45, 2.75) is 65.3 Å². The summed E-state index contributed by atoms with van der Waals surface area (Å²) in [6.45, 7) is 7.97. The normalized spacial score (nSPS) is 13.9. The minimum atomic E-state index is 0.592. The first-order chi connectivity index (χ1) is 10.2. The van der Waals surface area contributed by atoms with E-state index in [2.05, 4.69) is 50.4 Å². The van der Waals surface area contributed by atoms with Crippen LogP contribution in [0.2, 0.25) is 0 Å². The predicted molar refractivity (Wildman–Crippen MR) is 92.1 cm³/mol. The quantitative estimate of drug-likeness (QED) is 0.631. The first-order valence-electron chi connectivity index (χ1n) is 8.61. The smallest absolute Gasteiger partial charge is 0.118 e. The number of rotatable bonds is 11. The topological polar surface area (TPSA) is 21.3 Å². The highest BCUT2D eigenvalue weighted by molar-refractivity contribution is 5.27. The van der Waals surface area contributed by atoms with Gasteiger partial charge in [-0.15, -0.1) is 0 Å². The second-order valence-electron chi connectivity index (χ2n) is 5.92. The van der Waals surface area contributed by atoms with Crippen LogP contribution in [0.15, 0.2) is 24.3 Å². The number of nitrogens with one attached hydrogen (secondary N) is 1. The molecule has 0 aromatic heterocycles. The van der Waals surface area contributed by atoms with Crippen molar-refractivity contribution >= 4 is 0 Å². The fraction of sp³-hybridized carbons (Fsp3) is 0.684. The molecule has 120 valence electrons. The molecule has 0 aliphatic heterocycles. The van der Waals surface area contributed by atoms with Crippen molar-refractivity contribution < 1.29 is 4.74 Å². The van der Waals surface area contributed by atoms with Gasteiger partial charge in [0.25, 0.3) is 0 Å². The van der Waals surface area contributed by atoms with Crippen LogP contribution in [0.25, 0.3) is 0 Å².